The summed E-state index contributed by atoms with van der Waals surface area (Å²) in [6, 6.07) is 2.43. The summed E-state index contributed by atoms with van der Waals surface area (Å²) in [5, 5.41) is 4.33. The zero-order valence-electron chi connectivity index (χ0n) is 14.9. The Morgan fingerprint density at radius 2 is 2.00 bits per heavy atom. The average molecular weight is 351 g/mol. The number of thiophene rings is 1. The minimum atomic E-state index is 0.0950. The smallest absolute Gasteiger partial charge is 0.236 e. The highest BCUT2D eigenvalue weighted by atomic mass is 32.1. The van der Waals surface area contributed by atoms with Crippen molar-refractivity contribution in [2.75, 3.05) is 45.8 Å². The fourth-order valence-electron chi connectivity index (χ4n) is 3.71. The average Bonchev–Trinajstić information content (AvgIpc) is 3.04. The molecule has 2 aliphatic heterocycles. The van der Waals surface area contributed by atoms with Crippen LogP contribution in [0.25, 0.3) is 0 Å². The minimum absolute atomic E-state index is 0.0950. The van der Waals surface area contributed by atoms with Crippen molar-refractivity contribution in [3.05, 3.63) is 22.4 Å². The number of nitrogens with zero attached hydrogens (tertiary/aromatic N) is 3. The Hall–Kier alpha value is -0.950. The number of hydrogen-bond donors (Lipinski definition) is 1. The highest BCUT2D eigenvalue weighted by Crippen LogP contribution is 2.27. The van der Waals surface area contributed by atoms with E-state index in [1.807, 2.05) is 4.90 Å². The maximum atomic E-state index is 12.6. The lowest BCUT2D eigenvalue weighted by Gasteiger charge is -2.43. The number of carbonyl (C=O) groups excluding carboxylic acids is 1. The number of carbonyl (C=O) groups is 1. The van der Waals surface area contributed by atoms with Crippen LogP contribution in [0.15, 0.2) is 16.8 Å². The predicted octanol–water partition coefficient (Wildman–Crippen LogP) is 1.45. The molecule has 1 unspecified atom stereocenters. The van der Waals surface area contributed by atoms with Crippen LogP contribution in [0.5, 0.6) is 0 Å². The molecular formula is C18H30N4OS. The van der Waals surface area contributed by atoms with Gasteiger partial charge in [-0.3, -0.25) is 14.6 Å². The summed E-state index contributed by atoms with van der Waals surface area (Å²) >= 11 is 1.75. The van der Waals surface area contributed by atoms with Crippen LogP contribution in [-0.2, 0) is 11.3 Å². The quantitative estimate of drug-likeness (QED) is 0.893. The number of likely N-dealkylation sites (tertiary alicyclic amines) is 1. The van der Waals surface area contributed by atoms with Crippen LogP contribution in [-0.4, -0.2) is 72.5 Å². The summed E-state index contributed by atoms with van der Waals surface area (Å²) in [6.07, 6.45) is 0.981. The van der Waals surface area contributed by atoms with E-state index in [2.05, 4.69) is 40.5 Å². The first-order chi connectivity index (χ1) is 11.4. The van der Waals surface area contributed by atoms with Crippen molar-refractivity contribution >= 4 is 17.2 Å². The highest BCUT2D eigenvalue weighted by Gasteiger charge is 2.34. The molecule has 24 heavy (non-hydrogen) atoms. The third-order valence-electron chi connectivity index (χ3n) is 5.46. The fourth-order valence-corrected chi connectivity index (χ4v) is 4.37. The van der Waals surface area contributed by atoms with Crippen LogP contribution in [0.4, 0.5) is 0 Å². The molecule has 0 bridgehead atoms. The van der Waals surface area contributed by atoms with Crippen molar-refractivity contribution in [3.8, 4) is 0 Å². The van der Waals surface area contributed by atoms with E-state index in [1.54, 1.807) is 11.3 Å². The minimum Gasteiger partial charge on any atom is -0.339 e. The fraction of sp³-hybridized carbons (Fsp3) is 0.722. The van der Waals surface area contributed by atoms with E-state index in [0.29, 0.717) is 6.54 Å². The molecule has 0 radical (unpaired) electrons. The van der Waals surface area contributed by atoms with Gasteiger partial charge in [0.25, 0.3) is 0 Å². The van der Waals surface area contributed by atoms with Crippen LogP contribution in [0.1, 0.15) is 25.8 Å². The molecule has 2 saturated heterocycles. The van der Waals surface area contributed by atoms with Gasteiger partial charge in [-0.05, 0) is 34.2 Å². The van der Waals surface area contributed by atoms with Gasteiger partial charge in [0, 0.05) is 51.9 Å². The third-order valence-corrected chi connectivity index (χ3v) is 6.19. The van der Waals surface area contributed by atoms with Crippen LogP contribution in [0.3, 0.4) is 0 Å². The molecule has 6 heteroatoms. The molecule has 0 aliphatic carbocycles. The summed E-state index contributed by atoms with van der Waals surface area (Å²) in [6.45, 7) is 11.4. The number of piperazine rings is 1. The molecule has 3 rings (SSSR count). The van der Waals surface area contributed by atoms with E-state index < -0.39 is 0 Å². The Kier molecular flexibility index (Phi) is 5.59. The first-order valence-electron chi connectivity index (χ1n) is 8.93. The van der Waals surface area contributed by atoms with Gasteiger partial charge in [-0.1, -0.05) is 13.8 Å². The normalized spacial score (nSPS) is 25.8. The van der Waals surface area contributed by atoms with Crippen molar-refractivity contribution in [1.29, 1.82) is 0 Å². The second-order valence-corrected chi connectivity index (χ2v) is 8.66. The van der Waals surface area contributed by atoms with Crippen molar-refractivity contribution in [2.45, 2.75) is 32.9 Å². The molecule has 0 spiro atoms. The zero-order valence-corrected chi connectivity index (χ0v) is 15.7. The molecule has 134 valence electrons. The summed E-state index contributed by atoms with van der Waals surface area (Å²) in [5.41, 5.74) is 7.67. The molecular weight excluding hydrogens is 320 g/mol. The van der Waals surface area contributed by atoms with E-state index in [4.69, 9.17) is 5.73 Å². The van der Waals surface area contributed by atoms with E-state index in [0.717, 1.165) is 52.2 Å². The number of piperidine rings is 1. The van der Waals surface area contributed by atoms with Gasteiger partial charge in [0.15, 0.2) is 0 Å². The van der Waals surface area contributed by atoms with Crippen molar-refractivity contribution in [3.63, 3.8) is 0 Å². The van der Waals surface area contributed by atoms with Crippen molar-refractivity contribution in [2.24, 2.45) is 11.1 Å². The molecule has 2 fully saturated rings. The first-order valence-corrected chi connectivity index (χ1v) is 9.87. The van der Waals surface area contributed by atoms with Gasteiger partial charge in [-0.15, -0.1) is 0 Å². The predicted molar refractivity (Wildman–Crippen MR) is 99.0 cm³/mol. The first kappa shape index (κ1) is 17.9. The van der Waals surface area contributed by atoms with Gasteiger partial charge in [0.1, 0.15) is 0 Å². The van der Waals surface area contributed by atoms with Crippen molar-refractivity contribution in [1.82, 2.24) is 14.7 Å². The second kappa shape index (κ2) is 7.52. The Labute approximate surface area is 149 Å². The van der Waals surface area contributed by atoms with E-state index >= 15 is 0 Å². The SMILES string of the molecule is CC1(C)CN(CC(=O)N2CCN(Cc3ccsc3)CC2)CCC1N. The number of amides is 1. The Balaban J connectivity index is 1.44. The lowest BCUT2D eigenvalue weighted by atomic mass is 9.80. The van der Waals surface area contributed by atoms with Crippen LogP contribution < -0.4 is 5.73 Å². The molecule has 0 saturated carbocycles. The number of hydrogen-bond acceptors (Lipinski definition) is 5. The van der Waals surface area contributed by atoms with Crippen LogP contribution in [0, 0.1) is 5.41 Å². The Morgan fingerprint density at radius 1 is 1.25 bits per heavy atom. The third kappa shape index (κ3) is 4.36. The number of rotatable bonds is 4. The molecule has 2 N–H and O–H groups in total. The second-order valence-electron chi connectivity index (χ2n) is 7.88. The monoisotopic (exact) mass is 350 g/mol. The number of nitrogens with two attached hydrogens (primary N) is 1. The Morgan fingerprint density at radius 3 is 2.62 bits per heavy atom. The highest BCUT2D eigenvalue weighted by molar-refractivity contribution is 7.07. The van der Waals surface area contributed by atoms with Gasteiger partial charge in [0.2, 0.25) is 5.91 Å². The lowest BCUT2D eigenvalue weighted by molar-refractivity contribution is -0.135. The van der Waals surface area contributed by atoms with Gasteiger partial charge in [-0.25, -0.2) is 0 Å². The maximum Gasteiger partial charge on any atom is 0.236 e. The van der Waals surface area contributed by atoms with E-state index in [9.17, 15) is 4.79 Å². The van der Waals surface area contributed by atoms with Gasteiger partial charge in [-0.2, -0.15) is 11.3 Å². The van der Waals surface area contributed by atoms with Gasteiger partial charge < -0.3 is 10.6 Å². The molecule has 1 atom stereocenters. The van der Waals surface area contributed by atoms with E-state index in [1.165, 1.54) is 5.56 Å². The standard InChI is InChI=1S/C18H30N4OS/c1-18(2)14-21(5-3-16(18)19)12-17(23)22-8-6-20(7-9-22)11-15-4-10-24-13-15/h4,10,13,16H,3,5-9,11-12,14,19H2,1-2H3. The largest absolute Gasteiger partial charge is 0.339 e. The lowest BCUT2D eigenvalue weighted by Crippen LogP contribution is -2.56. The molecule has 3 heterocycles. The molecule has 2 aliphatic rings. The maximum absolute atomic E-state index is 12.6. The summed E-state index contributed by atoms with van der Waals surface area (Å²) in [7, 11) is 0. The molecule has 1 aromatic heterocycles. The molecule has 1 amide bonds. The molecule has 1 aromatic rings. The summed E-state index contributed by atoms with van der Waals surface area (Å²) < 4.78 is 0. The zero-order chi connectivity index (χ0) is 17.2. The molecule has 5 nitrogen and oxygen atoms in total. The molecule has 0 aromatic carbocycles. The van der Waals surface area contributed by atoms with Crippen molar-refractivity contribution < 1.29 is 4.79 Å². The summed E-state index contributed by atoms with van der Waals surface area (Å²) in [5.74, 6) is 0.274. The van der Waals surface area contributed by atoms with Gasteiger partial charge in [0.05, 0.1) is 6.54 Å². The topological polar surface area (TPSA) is 52.8 Å². The van der Waals surface area contributed by atoms with Crippen LogP contribution >= 0.6 is 11.3 Å². The van der Waals surface area contributed by atoms with Crippen LogP contribution in [0.2, 0.25) is 0 Å². The Bertz CT molecular complexity index is 537. The van der Waals surface area contributed by atoms with Gasteiger partial charge >= 0.3 is 0 Å². The van der Waals surface area contributed by atoms with E-state index in [-0.39, 0.29) is 17.4 Å². The summed E-state index contributed by atoms with van der Waals surface area (Å²) in [4.78, 5) is 19.4.